The Kier molecular flexibility index (Phi) is 4.88. The van der Waals surface area contributed by atoms with Crippen LogP contribution in [0.15, 0.2) is 24.5 Å². The summed E-state index contributed by atoms with van der Waals surface area (Å²) in [6.45, 7) is -1.26. The maximum absolute atomic E-state index is 13.7. The number of ether oxygens (including phenoxy) is 2. The molecule has 1 aromatic carbocycles. The summed E-state index contributed by atoms with van der Waals surface area (Å²) in [5, 5.41) is 0. The molecule has 21 heavy (non-hydrogen) atoms. The maximum atomic E-state index is 13.7. The van der Waals surface area contributed by atoms with E-state index in [1.807, 2.05) is 6.92 Å². The van der Waals surface area contributed by atoms with Gasteiger partial charge in [0.15, 0.2) is 0 Å². The Bertz CT molecular complexity index is 530. The van der Waals surface area contributed by atoms with Crippen LogP contribution < -0.4 is 0 Å². The van der Waals surface area contributed by atoms with E-state index in [1.54, 1.807) is 0 Å². The predicted molar refractivity (Wildman–Crippen MR) is 69.6 cm³/mol. The van der Waals surface area contributed by atoms with E-state index in [1.165, 1.54) is 18.4 Å². The lowest BCUT2D eigenvalue weighted by atomic mass is 9.88. The smallest absolute Gasteiger partial charge is 0.345 e. The number of hydrogen-bond donors (Lipinski definition) is 0. The topological polar surface area (TPSA) is 18.5 Å². The Morgan fingerprint density at radius 3 is 2.62 bits per heavy atom. The third-order valence-corrected chi connectivity index (χ3v) is 3.69. The largest absolute Gasteiger partial charge is 0.492 e. The van der Waals surface area contributed by atoms with Gasteiger partial charge >= 0.3 is 6.61 Å². The molecular formula is C15H16F4O2. The number of hydrogen-bond acceptors (Lipinski definition) is 2. The third kappa shape index (κ3) is 3.75. The van der Waals surface area contributed by atoms with Gasteiger partial charge in [0.2, 0.25) is 0 Å². The molecule has 1 heterocycles. The number of benzene rings is 1. The van der Waals surface area contributed by atoms with Gasteiger partial charge in [-0.3, -0.25) is 0 Å². The maximum Gasteiger partial charge on any atom is 0.345 e. The minimum Gasteiger partial charge on any atom is -0.492 e. The van der Waals surface area contributed by atoms with Crippen LogP contribution in [0, 0.1) is 11.6 Å². The summed E-state index contributed by atoms with van der Waals surface area (Å²) < 4.78 is 60.8. The molecule has 0 bridgehead atoms. The Morgan fingerprint density at radius 1 is 1.33 bits per heavy atom. The van der Waals surface area contributed by atoms with Gasteiger partial charge in [0, 0.05) is 11.6 Å². The van der Waals surface area contributed by atoms with Crippen LogP contribution in [0.3, 0.4) is 0 Å². The zero-order chi connectivity index (χ0) is 15.5. The summed E-state index contributed by atoms with van der Waals surface area (Å²) in [7, 11) is 0. The molecule has 6 heteroatoms. The molecule has 0 N–H and O–H groups in total. The SMILES string of the molecule is CCC1(COC(F)F)CCC(c2ccc(F)cc2F)=CO1. The van der Waals surface area contributed by atoms with Crippen LogP contribution in [-0.4, -0.2) is 18.8 Å². The molecule has 0 saturated carbocycles. The van der Waals surface area contributed by atoms with E-state index in [0.29, 0.717) is 24.8 Å². The fraction of sp³-hybridized carbons (Fsp3) is 0.467. The van der Waals surface area contributed by atoms with Crippen molar-refractivity contribution in [2.45, 2.75) is 38.4 Å². The van der Waals surface area contributed by atoms with E-state index in [0.717, 1.165) is 6.07 Å². The van der Waals surface area contributed by atoms with Gasteiger partial charge in [-0.2, -0.15) is 8.78 Å². The van der Waals surface area contributed by atoms with Crippen LogP contribution in [0.4, 0.5) is 17.6 Å². The molecule has 2 rings (SSSR count). The zero-order valence-electron chi connectivity index (χ0n) is 11.5. The van der Waals surface area contributed by atoms with Crippen LogP contribution in [0.5, 0.6) is 0 Å². The second-order valence-electron chi connectivity index (χ2n) is 4.99. The minimum absolute atomic E-state index is 0.225. The average molecular weight is 304 g/mol. The Morgan fingerprint density at radius 2 is 2.10 bits per heavy atom. The molecule has 0 aliphatic carbocycles. The second-order valence-corrected chi connectivity index (χ2v) is 4.99. The monoisotopic (exact) mass is 304 g/mol. The standard InChI is InChI=1S/C15H16F4O2/c1-2-15(9-20-14(18)19)6-5-10(8-21-15)12-4-3-11(16)7-13(12)17/h3-4,7-8,14H,2,5-6,9H2,1H3. The van der Waals surface area contributed by atoms with Crippen molar-refractivity contribution in [3.8, 4) is 0 Å². The highest BCUT2D eigenvalue weighted by molar-refractivity contribution is 5.65. The van der Waals surface area contributed by atoms with Crippen molar-refractivity contribution in [2.24, 2.45) is 0 Å². The molecule has 1 aliphatic heterocycles. The lowest BCUT2D eigenvalue weighted by Gasteiger charge is -2.35. The summed E-state index contributed by atoms with van der Waals surface area (Å²) in [6.07, 6.45) is 2.73. The van der Waals surface area contributed by atoms with Crippen LogP contribution in [0.1, 0.15) is 31.7 Å². The molecule has 0 radical (unpaired) electrons. The van der Waals surface area contributed by atoms with E-state index in [4.69, 9.17) is 4.74 Å². The van der Waals surface area contributed by atoms with Gasteiger partial charge < -0.3 is 9.47 Å². The van der Waals surface area contributed by atoms with Gasteiger partial charge in [-0.25, -0.2) is 8.78 Å². The van der Waals surface area contributed by atoms with Crippen molar-refractivity contribution in [1.82, 2.24) is 0 Å². The highest BCUT2D eigenvalue weighted by Gasteiger charge is 2.34. The fourth-order valence-corrected chi connectivity index (χ4v) is 2.31. The highest BCUT2D eigenvalue weighted by Crippen LogP contribution is 2.35. The zero-order valence-corrected chi connectivity index (χ0v) is 11.5. The first-order valence-corrected chi connectivity index (χ1v) is 6.68. The van der Waals surface area contributed by atoms with E-state index in [9.17, 15) is 17.6 Å². The molecule has 116 valence electrons. The van der Waals surface area contributed by atoms with Crippen molar-refractivity contribution >= 4 is 5.57 Å². The van der Waals surface area contributed by atoms with Crippen LogP contribution >= 0.6 is 0 Å². The van der Waals surface area contributed by atoms with Gasteiger partial charge in [0.05, 0.1) is 12.9 Å². The number of halogens is 4. The summed E-state index contributed by atoms with van der Waals surface area (Å²) >= 11 is 0. The summed E-state index contributed by atoms with van der Waals surface area (Å²) in [5.74, 6) is -1.32. The first-order chi connectivity index (χ1) is 9.96. The molecular weight excluding hydrogens is 288 g/mol. The van der Waals surface area contributed by atoms with Gasteiger partial charge in [0.1, 0.15) is 17.2 Å². The molecule has 0 amide bonds. The van der Waals surface area contributed by atoms with E-state index < -0.39 is 23.8 Å². The van der Waals surface area contributed by atoms with Crippen LogP contribution in [0.2, 0.25) is 0 Å². The first kappa shape index (κ1) is 15.8. The van der Waals surface area contributed by atoms with E-state index in [2.05, 4.69) is 4.74 Å². The summed E-state index contributed by atoms with van der Waals surface area (Å²) in [4.78, 5) is 0. The van der Waals surface area contributed by atoms with Crippen LogP contribution in [0.25, 0.3) is 5.57 Å². The Hall–Kier alpha value is -1.56. The molecule has 0 saturated heterocycles. The summed E-state index contributed by atoms with van der Waals surface area (Å²) in [5.41, 5.74) is 0.0145. The lowest BCUT2D eigenvalue weighted by Crippen LogP contribution is -2.38. The molecule has 1 aliphatic rings. The van der Waals surface area contributed by atoms with Crippen molar-refractivity contribution in [3.63, 3.8) is 0 Å². The van der Waals surface area contributed by atoms with Crippen molar-refractivity contribution in [2.75, 3.05) is 6.61 Å². The molecule has 0 aromatic heterocycles. The molecule has 1 aromatic rings. The number of allylic oxidation sites excluding steroid dienone is 1. The first-order valence-electron chi connectivity index (χ1n) is 6.68. The fourth-order valence-electron chi connectivity index (χ4n) is 2.31. The predicted octanol–water partition coefficient (Wildman–Crippen LogP) is 4.50. The molecule has 2 nitrogen and oxygen atoms in total. The lowest BCUT2D eigenvalue weighted by molar-refractivity contribution is -0.175. The molecule has 1 unspecified atom stereocenters. The van der Waals surface area contributed by atoms with Gasteiger partial charge in [0.25, 0.3) is 0 Å². The normalized spacial score (nSPS) is 22.1. The summed E-state index contributed by atoms with van der Waals surface area (Å²) in [6, 6.07) is 3.31. The molecule has 1 atom stereocenters. The number of alkyl halides is 2. The van der Waals surface area contributed by atoms with Gasteiger partial charge in [-0.05, 0) is 37.0 Å². The Balaban J connectivity index is 2.13. The number of rotatable bonds is 5. The Labute approximate surface area is 120 Å². The van der Waals surface area contributed by atoms with E-state index in [-0.39, 0.29) is 12.2 Å². The highest BCUT2D eigenvalue weighted by atomic mass is 19.3. The third-order valence-electron chi connectivity index (χ3n) is 3.69. The molecule has 0 fully saturated rings. The van der Waals surface area contributed by atoms with Crippen molar-refractivity contribution in [3.05, 3.63) is 41.7 Å². The van der Waals surface area contributed by atoms with Crippen molar-refractivity contribution in [1.29, 1.82) is 0 Å². The second kappa shape index (κ2) is 6.47. The van der Waals surface area contributed by atoms with E-state index >= 15 is 0 Å². The minimum atomic E-state index is -2.85. The van der Waals surface area contributed by atoms with Crippen LogP contribution in [-0.2, 0) is 9.47 Å². The average Bonchev–Trinajstić information content (AvgIpc) is 2.46. The molecule has 0 spiro atoms. The quantitative estimate of drug-likeness (QED) is 0.745. The van der Waals surface area contributed by atoms with Gasteiger partial charge in [-0.15, -0.1) is 0 Å². The van der Waals surface area contributed by atoms with Gasteiger partial charge in [-0.1, -0.05) is 6.92 Å². The van der Waals surface area contributed by atoms with Crippen molar-refractivity contribution < 1.29 is 27.0 Å².